The number of nitrogens with zero attached hydrogens (tertiary/aromatic N) is 1. The van der Waals surface area contributed by atoms with Gasteiger partial charge >= 0.3 is 0 Å². The minimum atomic E-state index is 0.504. The molecule has 0 saturated heterocycles. The molecule has 1 aromatic carbocycles. The van der Waals surface area contributed by atoms with Crippen molar-refractivity contribution in [1.82, 2.24) is 9.55 Å². The van der Waals surface area contributed by atoms with Crippen LogP contribution in [0.15, 0.2) is 36.5 Å². The first-order chi connectivity index (χ1) is 8.74. The number of hydrogen-bond donors (Lipinski definition) is 1. The molecule has 1 saturated carbocycles. The molecule has 3 heteroatoms. The zero-order chi connectivity index (χ0) is 12.6. The van der Waals surface area contributed by atoms with E-state index in [0.717, 1.165) is 11.3 Å². The van der Waals surface area contributed by atoms with Crippen molar-refractivity contribution in [3.05, 3.63) is 41.3 Å². The van der Waals surface area contributed by atoms with Gasteiger partial charge in [0.1, 0.15) is 0 Å². The maximum Gasteiger partial charge on any atom is 0.177 e. The molecule has 2 aromatic rings. The third-order valence-electron chi connectivity index (χ3n) is 4.14. The first-order valence-corrected chi connectivity index (χ1v) is 6.99. The quantitative estimate of drug-likeness (QED) is 0.806. The van der Waals surface area contributed by atoms with Crippen LogP contribution in [-0.4, -0.2) is 9.55 Å². The van der Waals surface area contributed by atoms with Crippen LogP contribution in [0.1, 0.15) is 26.2 Å². The molecule has 1 fully saturated rings. The van der Waals surface area contributed by atoms with Crippen molar-refractivity contribution in [3.8, 4) is 11.3 Å². The zero-order valence-corrected chi connectivity index (χ0v) is 11.5. The van der Waals surface area contributed by atoms with Crippen molar-refractivity contribution >= 4 is 12.2 Å². The van der Waals surface area contributed by atoms with Gasteiger partial charge in [0.2, 0.25) is 0 Å². The second-order valence-corrected chi connectivity index (χ2v) is 5.67. The molecule has 1 N–H and O–H groups in total. The molecule has 0 amide bonds. The highest BCUT2D eigenvalue weighted by molar-refractivity contribution is 7.71. The summed E-state index contributed by atoms with van der Waals surface area (Å²) in [5.41, 5.74) is 2.95. The molecule has 0 spiro atoms. The van der Waals surface area contributed by atoms with Gasteiger partial charge in [-0.3, -0.25) is 0 Å². The lowest BCUT2D eigenvalue weighted by Gasteiger charge is -2.15. The Kier molecular flexibility index (Phi) is 2.86. The Bertz CT molecular complexity index is 590. The predicted octanol–water partition coefficient (Wildman–Crippen LogP) is 4.40. The fourth-order valence-corrected chi connectivity index (χ4v) is 2.76. The number of imidazole rings is 1. The molecule has 94 valence electrons. The van der Waals surface area contributed by atoms with Gasteiger partial charge in [-0.15, -0.1) is 0 Å². The van der Waals surface area contributed by atoms with Gasteiger partial charge in [0.15, 0.2) is 4.77 Å². The van der Waals surface area contributed by atoms with Gasteiger partial charge in [-0.1, -0.05) is 37.3 Å². The molecule has 0 unspecified atom stereocenters. The van der Waals surface area contributed by atoms with Crippen LogP contribution < -0.4 is 0 Å². The number of rotatable bonds is 4. The highest BCUT2D eigenvalue weighted by Crippen LogP contribution is 2.50. The summed E-state index contributed by atoms with van der Waals surface area (Å²) in [6.07, 6.45) is 5.95. The second kappa shape index (κ2) is 4.39. The Morgan fingerprint density at radius 1 is 1.28 bits per heavy atom. The molecular formula is C15H18N2S. The maximum absolute atomic E-state index is 5.42. The van der Waals surface area contributed by atoms with E-state index in [0.29, 0.717) is 5.41 Å². The van der Waals surface area contributed by atoms with Crippen molar-refractivity contribution in [2.45, 2.75) is 32.7 Å². The fraction of sp³-hybridized carbons (Fsp3) is 0.400. The van der Waals surface area contributed by atoms with Crippen LogP contribution in [-0.2, 0) is 6.54 Å². The topological polar surface area (TPSA) is 20.7 Å². The maximum atomic E-state index is 5.42. The number of aromatic nitrogens is 2. The van der Waals surface area contributed by atoms with Crippen LogP contribution >= 0.6 is 12.2 Å². The number of aromatic amines is 1. The van der Waals surface area contributed by atoms with Gasteiger partial charge in [-0.05, 0) is 42.5 Å². The third kappa shape index (κ3) is 2.03. The minimum absolute atomic E-state index is 0.504. The monoisotopic (exact) mass is 258 g/mol. The van der Waals surface area contributed by atoms with Crippen LogP contribution in [0.3, 0.4) is 0 Å². The first-order valence-electron chi connectivity index (χ1n) is 6.58. The smallest absolute Gasteiger partial charge is 0.177 e. The molecule has 0 bridgehead atoms. The molecule has 3 rings (SSSR count). The molecular weight excluding hydrogens is 240 g/mol. The van der Waals surface area contributed by atoms with Gasteiger partial charge < -0.3 is 9.55 Å². The van der Waals surface area contributed by atoms with Gasteiger partial charge in [0.05, 0.1) is 5.69 Å². The van der Waals surface area contributed by atoms with Crippen LogP contribution in [0.25, 0.3) is 11.3 Å². The van der Waals surface area contributed by atoms with E-state index >= 15 is 0 Å². The summed E-state index contributed by atoms with van der Waals surface area (Å²) in [4.78, 5) is 3.19. The fourth-order valence-electron chi connectivity index (χ4n) is 2.54. The van der Waals surface area contributed by atoms with E-state index in [-0.39, 0.29) is 0 Å². The first kappa shape index (κ1) is 11.7. The molecule has 1 heterocycles. The van der Waals surface area contributed by atoms with E-state index in [2.05, 4.69) is 40.7 Å². The number of hydrogen-bond acceptors (Lipinski definition) is 1. The van der Waals surface area contributed by atoms with Crippen LogP contribution in [0, 0.1) is 10.2 Å². The van der Waals surface area contributed by atoms with Crippen LogP contribution in [0.5, 0.6) is 0 Å². The summed E-state index contributed by atoms with van der Waals surface area (Å²) in [6, 6.07) is 10.5. The average Bonchev–Trinajstić information content (AvgIpc) is 3.10. The summed E-state index contributed by atoms with van der Waals surface area (Å²) < 4.78 is 3.11. The summed E-state index contributed by atoms with van der Waals surface area (Å²) in [6.45, 7) is 3.33. The van der Waals surface area contributed by atoms with Crippen molar-refractivity contribution < 1.29 is 0 Å². The highest BCUT2D eigenvalue weighted by Gasteiger charge is 2.41. The molecule has 2 nitrogen and oxygen atoms in total. The molecule has 1 aliphatic carbocycles. The molecule has 18 heavy (non-hydrogen) atoms. The largest absolute Gasteiger partial charge is 0.337 e. The van der Waals surface area contributed by atoms with Crippen molar-refractivity contribution in [2.24, 2.45) is 5.41 Å². The molecule has 1 aliphatic rings. The third-order valence-corrected chi connectivity index (χ3v) is 4.48. The van der Waals surface area contributed by atoms with E-state index < -0.39 is 0 Å². The lowest BCUT2D eigenvalue weighted by molar-refractivity contribution is 0.408. The van der Waals surface area contributed by atoms with Crippen molar-refractivity contribution in [1.29, 1.82) is 0 Å². The Morgan fingerprint density at radius 2 is 2.00 bits per heavy atom. The summed E-state index contributed by atoms with van der Waals surface area (Å²) in [5.74, 6) is 0. The summed E-state index contributed by atoms with van der Waals surface area (Å²) in [5, 5.41) is 0. The van der Waals surface area contributed by atoms with Gasteiger partial charge in [-0.25, -0.2) is 0 Å². The molecule has 0 atom stereocenters. The average molecular weight is 258 g/mol. The normalized spacial score (nSPS) is 16.7. The minimum Gasteiger partial charge on any atom is -0.337 e. The van der Waals surface area contributed by atoms with Crippen molar-refractivity contribution in [3.63, 3.8) is 0 Å². The van der Waals surface area contributed by atoms with Gasteiger partial charge in [-0.2, -0.15) is 0 Å². The lowest BCUT2D eigenvalue weighted by Crippen LogP contribution is -2.11. The Labute approximate surface area is 113 Å². The van der Waals surface area contributed by atoms with E-state index in [1.165, 1.54) is 30.5 Å². The summed E-state index contributed by atoms with van der Waals surface area (Å²) in [7, 11) is 0. The Hall–Kier alpha value is -1.35. The Morgan fingerprint density at radius 3 is 2.61 bits per heavy atom. The van der Waals surface area contributed by atoms with E-state index in [1.54, 1.807) is 0 Å². The Balaban J connectivity index is 2.00. The SMILES string of the molecule is CCC1(Cn2c(-c3ccccc3)c[nH]c2=S)CC1. The number of H-pyrrole nitrogens is 1. The zero-order valence-electron chi connectivity index (χ0n) is 10.6. The standard InChI is InChI=1S/C15H18N2S/c1-2-15(8-9-15)11-17-13(10-16-14(17)18)12-6-4-3-5-7-12/h3-7,10H,2,8-9,11H2,1H3,(H,16,18). The van der Waals surface area contributed by atoms with E-state index in [4.69, 9.17) is 12.2 Å². The lowest BCUT2D eigenvalue weighted by atomic mass is 10.0. The van der Waals surface area contributed by atoms with Crippen molar-refractivity contribution in [2.75, 3.05) is 0 Å². The second-order valence-electron chi connectivity index (χ2n) is 5.28. The predicted molar refractivity (Wildman–Crippen MR) is 77.0 cm³/mol. The van der Waals surface area contributed by atoms with Gasteiger partial charge in [0.25, 0.3) is 0 Å². The van der Waals surface area contributed by atoms with E-state index in [1.807, 2.05) is 12.3 Å². The van der Waals surface area contributed by atoms with Crippen LogP contribution in [0.4, 0.5) is 0 Å². The van der Waals surface area contributed by atoms with Gasteiger partial charge in [0, 0.05) is 12.7 Å². The molecule has 1 aromatic heterocycles. The van der Waals surface area contributed by atoms with Crippen LogP contribution in [0.2, 0.25) is 0 Å². The summed E-state index contributed by atoms with van der Waals surface area (Å²) >= 11 is 5.42. The highest BCUT2D eigenvalue weighted by atomic mass is 32.1. The van der Waals surface area contributed by atoms with E-state index in [9.17, 15) is 0 Å². The molecule has 0 radical (unpaired) electrons. The number of nitrogens with one attached hydrogen (secondary N) is 1. The number of benzene rings is 1. The molecule has 0 aliphatic heterocycles.